The molecule has 0 bridgehead atoms. The molecule has 1 fully saturated rings. The van der Waals surface area contributed by atoms with Crippen LogP contribution >= 0.6 is 15.9 Å². The van der Waals surface area contributed by atoms with Gasteiger partial charge in [0.1, 0.15) is 0 Å². The molecule has 0 amide bonds. The first kappa shape index (κ1) is 16.6. The van der Waals surface area contributed by atoms with E-state index >= 15 is 0 Å². The van der Waals surface area contributed by atoms with Crippen molar-refractivity contribution in [2.75, 3.05) is 0 Å². The summed E-state index contributed by atoms with van der Waals surface area (Å²) in [5, 5.41) is 0. The lowest BCUT2D eigenvalue weighted by Gasteiger charge is -2.39. The zero-order valence-electron chi connectivity index (χ0n) is 15.6. The van der Waals surface area contributed by atoms with Gasteiger partial charge in [-0.1, -0.05) is 107 Å². The largest absolute Gasteiger partial charge is 0.0699 e. The molecule has 1 heteroatoms. The average molecular weight is 425 g/mol. The van der Waals surface area contributed by atoms with E-state index in [9.17, 15) is 0 Å². The molecule has 0 aliphatic heterocycles. The molecule has 0 nitrogen and oxygen atoms in total. The van der Waals surface area contributed by atoms with Gasteiger partial charge in [0.2, 0.25) is 0 Å². The van der Waals surface area contributed by atoms with Gasteiger partial charge in [-0.15, -0.1) is 0 Å². The number of halogens is 1. The van der Waals surface area contributed by atoms with E-state index in [4.69, 9.17) is 0 Å². The highest BCUT2D eigenvalue weighted by Crippen LogP contribution is 2.65. The van der Waals surface area contributed by atoms with Crippen LogP contribution in [0, 0.1) is 11.8 Å². The molecule has 5 aliphatic carbocycles. The van der Waals surface area contributed by atoms with Crippen molar-refractivity contribution < 1.29 is 0 Å². The third-order valence-corrected chi connectivity index (χ3v) is 7.49. The van der Waals surface area contributed by atoms with Gasteiger partial charge in [0.25, 0.3) is 0 Å². The van der Waals surface area contributed by atoms with Crippen molar-refractivity contribution in [3.63, 3.8) is 0 Å². The Balaban J connectivity index is 1.73. The Labute approximate surface area is 174 Å². The third kappa shape index (κ3) is 2.06. The van der Waals surface area contributed by atoms with Crippen molar-refractivity contribution in [3.8, 4) is 0 Å². The van der Waals surface area contributed by atoms with E-state index in [0.717, 1.165) is 12.8 Å². The van der Waals surface area contributed by atoms with E-state index in [0.29, 0.717) is 11.8 Å². The second-order valence-corrected chi connectivity index (χ2v) is 9.08. The summed E-state index contributed by atoms with van der Waals surface area (Å²) in [7, 11) is 0. The first-order chi connectivity index (χ1) is 13.8. The van der Waals surface area contributed by atoms with Gasteiger partial charge < -0.3 is 0 Å². The maximum absolute atomic E-state index is 3.78. The quantitative estimate of drug-likeness (QED) is 0.477. The minimum absolute atomic E-state index is 0.151. The van der Waals surface area contributed by atoms with Crippen LogP contribution in [0.4, 0.5) is 0 Å². The molecule has 0 N–H and O–H groups in total. The minimum Gasteiger partial charge on any atom is -0.0699 e. The molecule has 1 aromatic carbocycles. The molecule has 5 aliphatic rings. The van der Waals surface area contributed by atoms with Crippen LogP contribution < -0.4 is 0 Å². The van der Waals surface area contributed by atoms with Crippen LogP contribution in [-0.4, -0.2) is 0 Å². The molecule has 2 atom stereocenters. The van der Waals surface area contributed by atoms with Gasteiger partial charge in [0.15, 0.2) is 0 Å². The highest BCUT2D eigenvalue weighted by Gasteiger charge is 2.58. The number of hydrogen-bond acceptors (Lipinski definition) is 0. The SMILES string of the molecule is BrC1=CCCC(C2(c3ccccc3)C3=CC=CC4=CC=C5C=CC=C2C5C43)=C1. The topological polar surface area (TPSA) is 0 Å². The van der Waals surface area contributed by atoms with E-state index < -0.39 is 0 Å². The minimum atomic E-state index is -0.151. The van der Waals surface area contributed by atoms with Gasteiger partial charge in [-0.3, -0.25) is 0 Å². The summed E-state index contributed by atoms with van der Waals surface area (Å²) in [5.74, 6) is 0.902. The fourth-order valence-electron chi connectivity index (χ4n) is 5.97. The molecular formula is C27H21Br. The molecule has 6 rings (SSSR count). The van der Waals surface area contributed by atoms with Gasteiger partial charge in [-0.2, -0.15) is 0 Å². The van der Waals surface area contributed by atoms with E-state index in [1.165, 1.54) is 26.8 Å². The van der Waals surface area contributed by atoms with Gasteiger partial charge in [-0.05, 0) is 46.8 Å². The Morgan fingerprint density at radius 2 is 1.46 bits per heavy atom. The van der Waals surface area contributed by atoms with Crippen LogP contribution in [0.2, 0.25) is 0 Å². The maximum atomic E-state index is 3.78. The Kier molecular flexibility index (Phi) is 3.58. The summed E-state index contributed by atoms with van der Waals surface area (Å²) in [5.41, 5.74) is 8.77. The number of benzene rings is 1. The van der Waals surface area contributed by atoms with Gasteiger partial charge in [0, 0.05) is 16.3 Å². The molecule has 0 spiro atoms. The van der Waals surface area contributed by atoms with E-state index in [2.05, 4.69) is 107 Å². The molecule has 0 heterocycles. The van der Waals surface area contributed by atoms with Crippen molar-refractivity contribution in [1.82, 2.24) is 0 Å². The molecule has 0 saturated heterocycles. The lowest BCUT2D eigenvalue weighted by molar-refractivity contribution is 0.615. The van der Waals surface area contributed by atoms with Crippen LogP contribution in [0.25, 0.3) is 0 Å². The third-order valence-electron chi connectivity index (χ3n) is 6.94. The first-order valence-electron chi connectivity index (χ1n) is 10.1. The molecule has 1 aromatic rings. The monoisotopic (exact) mass is 424 g/mol. The number of rotatable bonds is 2. The van der Waals surface area contributed by atoms with E-state index in [-0.39, 0.29) is 5.41 Å². The number of allylic oxidation sites excluding steroid dienone is 16. The highest BCUT2D eigenvalue weighted by atomic mass is 79.9. The summed E-state index contributed by atoms with van der Waals surface area (Å²) in [6.45, 7) is 0. The van der Waals surface area contributed by atoms with E-state index in [1.54, 1.807) is 11.1 Å². The first-order valence-corrected chi connectivity index (χ1v) is 10.9. The summed E-state index contributed by atoms with van der Waals surface area (Å²) >= 11 is 3.78. The molecule has 1 saturated carbocycles. The Morgan fingerprint density at radius 1 is 0.821 bits per heavy atom. The second-order valence-electron chi connectivity index (χ2n) is 8.16. The predicted octanol–water partition coefficient (Wildman–Crippen LogP) is 7.03. The molecule has 28 heavy (non-hydrogen) atoms. The maximum Gasteiger partial charge on any atom is 0.0603 e. The predicted molar refractivity (Wildman–Crippen MR) is 120 cm³/mol. The van der Waals surface area contributed by atoms with Crippen LogP contribution in [0.3, 0.4) is 0 Å². The summed E-state index contributed by atoms with van der Waals surface area (Å²) in [6.07, 6.45) is 25.5. The zero-order chi connectivity index (χ0) is 18.7. The smallest absolute Gasteiger partial charge is 0.0603 e. The fourth-order valence-corrected chi connectivity index (χ4v) is 6.48. The lowest BCUT2D eigenvalue weighted by atomic mass is 9.63. The van der Waals surface area contributed by atoms with Crippen LogP contribution in [0.1, 0.15) is 18.4 Å². The summed E-state index contributed by atoms with van der Waals surface area (Å²) in [6, 6.07) is 11.2. The Bertz CT molecular complexity index is 1060. The highest BCUT2D eigenvalue weighted by molar-refractivity contribution is 9.11. The zero-order valence-corrected chi connectivity index (χ0v) is 17.2. The van der Waals surface area contributed by atoms with E-state index in [1.807, 2.05) is 0 Å². The molecule has 0 aromatic heterocycles. The fraction of sp³-hybridized carbons (Fsp3) is 0.185. The van der Waals surface area contributed by atoms with Crippen molar-refractivity contribution in [1.29, 1.82) is 0 Å². The van der Waals surface area contributed by atoms with Crippen LogP contribution in [0.15, 0.2) is 123 Å². The molecule has 2 unspecified atom stereocenters. The lowest BCUT2D eigenvalue weighted by Crippen LogP contribution is -2.32. The molecular weight excluding hydrogens is 404 g/mol. The Hall–Kier alpha value is -2.38. The van der Waals surface area contributed by atoms with Crippen molar-refractivity contribution in [3.05, 3.63) is 129 Å². The molecule has 136 valence electrons. The molecule has 0 radical (unpaired) electrons. The van der Waals surface area contributed by atoms with Crippen molar-refractivity contribution in [2.45, 2.75) is 18.3 Å². The number of hydrogen-bond donors (Lipinski definition) is 0. The average Bonchev–Trinajstić information content (AvgIpc) is 3.06. The van der Waals surface area contributed by atoms with Crippen LogP contribution in [0.5, 0.6) is 0 Å². The van der Waals surface area contributed by atoms with Gasteiger partial charge >= 0.3 is 0 Å². The van der Waals surface area contributed by atoms with Gasteiger partial charge in [0.05, 0.1) is 5.41 Å². The standard InChI is InChI=1S/C27H21Br/c28-22-12-6-11-21(17-22)27(20-9-2-1-3-10-20)23-13-4-7-18-15-16-19-8-5-14-24(27)26(19)25(18)23/h1-5,7-10,12-17,25-26H,6,11H2. The van der Waals surface area contributed by atoms with Crippen LogP contribution in [-0.2, 0) is 5.41 Å². The van der Waals surface area contributed by atoms with Gasteiger partial charge in [-0.25, -0.2) is 0 Å². The normalized spacial score (nSPS) is 31.9. The van der Waals surface area contributed by atoms with Crippen molar-refractivity contribution in [2.24, 2.45) is 11.8 Å². The van der Waals surface area contributed by atoms with Crippen molar-refractivity contribution >= 4 is 15.9 Å². The summed E-state index contributed by atoms with van der Waals surface area (Å²) < 4.78 is 1.21. The Morgan fingerprint density at radius 3 is 2.07 bits per heavy atom. The second kappa shape index (κ2) is 6.06. The summed E-state index contributed by atoms with van der Waals surface area (Å²) in [4.78, 5) is 0.